The van der Waals surface area contributed by atoms with E-state index in [4.69, 9.17) is 57.1 Å². The number of aryl methyl sites for hydroxylation is 2. The molecule has 0 N–H and O–H groups in total. The molecule has 4 aliphatic carbocycles. The molecule has 2 fully saturated rings. The molecule has 12 aromatic rings. The van der Waals surface area contributed by atoms with Crippen LogP contribution in [0.5, 0.6) is 0 Å². The molecule has 2 unspecified atom stereocenters. The summed E-state index contributed by atoms with van der Waals surface area (Å²) in [6.45, 7) is 4.48. The Hall–Kier alpha value is -10.8. The Bertz CT molecular complexity index is 6770. The fraction of sp³-hybridized carbons (Fsp3) is 0.379. The van der Waals surface area contributed by atoms with Crippen LogP contribution in [0.15, 0.2) is 110 Å². The van der Waals surface area contributed by atoms with Gasteiger partial charge in [-0.1, -0.05) is 58.8 Å². The number of ether oxygens (including phenoxy) is 2. The van der Waals surface area contributed by atoms with Gasteiger partial charge in [0.1, 0.15) is 70.0 Å². The van der Waals surface area contributed by atoms with Gasteiger partial charge < -0.3 is 18.6 Å². The summed E-state index contributed by atoms with van der Waals surface area (Å²) in [5.41, 5.74) is -1.48. The molecule has 4 aromatic carbocycles. The highest BCUT2D eigenvalue weighted by atomic mass is 35.5. The van der Waals surface area contributed by atoms with E-state index in [9.17, 15) is 65.9 Å². The van der Waals surface area contributed by atoms with Crippen molar-refractivity contribution in [1.29, 1.82) is 0 Å². The van der Waals surface area contributed by atoms with Crippen LogP contribution < -0.4 is 0 Å². The average Bonchev–Trinajstić information content (AvgIpc) is 1.52. The van der Waals surface area contributed by atoms with E-state index < -0.39 is 193 Å². The molecular weight excluding hydrogens is 1790 g/mol. The number of ketones is 2. The standard InChI is InChI=1S/C43H36ClF6N7O4S.C34H27Cl2F6N5O3S.C9H10N2O.CH3F/c1-42(41-51-10-11-56(41)12-13-61-42)9-8-26-4-5-28(29-6-7-32(44)35-33(21-62(3,59)60)53-55(2)38(29)35)36(52-26)23(14-22-15-24(45)18-25(46)16-22)17-27(58)20-57-39-34(37(54-57)40(47)48)30-19-31(30)43(39,49)50;1-46-31-21(3-5-24(35)28(31)25(44-46)14-51(2,49)50)20-4-6-26(36)43-29(20)16(7-15-8-17(37)11-18(38)9-15)10-19(48)13-47-32-27(30(45-47)33(39)40)22-12-23(22)34(32,41)42;1-3-9(2)8-10-4-5-11(8)6-7-12-9;1-2/h4-7,10-11,15-16,18,23,30-31,40H,12-14,17,19-21H2,1-3H3;3-6,8-9,11,16,22-23,33H,7,10,12-14H2,1-2H3;1,4-5H,6-7H2,2H3;1H3/t23-,30+,31-,42?;16-,22+,23-;;/m11../s1/i;;;1D. The number of halogens is 16. The maximum atomic E-state index is 15.5. The van der Waals surface area contributed by atoms with Crippen molar-refractivity contribution in [3.8, 4) is 46.4 Å². The minimum absolute atomic E-state index is 0.00469. The van der Waals surface area contributed by atoms with E-state index in [1.807, 2.05) is 28.5 Å². The van der Waals surface area contributed by atoms with Crippen LogP contribution in [-0.4, -0.2) is 129 Å². The zero-order valence-electron chi connectivity index (χ0n) is 69.1. The second-order valence-electron chi connectivity index (χ2n) is 32.4. The van der Waals surface area contributed by atoms with Gasteiger partial charge in [0, 0.05) is 157 Å². The van der Waals surface area contributed by atoms with Gasteiger partial charge in [-0.2, -0.15) is 38.0 Å². The van der Waals surface area contributed by atoms with Crippen molar-refractivity contribution >= 4 is 87.8 Å². The Morgan fingerprint density at radius 3 is 1.40 bits per heavy atom. The Morgan fingerprint density at radius 1 is 0.583 bits per heavy atom. The number of carbonyl (C=O) groups is 2. The lowest BCUT2D eigenvalue weighted by atomic mass is 9.86. The molecule has 0 radical (unpaired) electrons. The normalized spacial score (nSPS) is 20.1. The van der Waals surface area contributed by atoms with Gasteiger partial charge >= 0.3 is 0 Å². The Kier molecular flexibility index (Phi) is 24.4. The van der Waals surface area contributed by atoms with E-state index in [1.54, 1.807) is 69.8 Å². The second-order valence-corrected chi connectivity index (χ2v) is 37.8. The van der Waals surface area contributed by atoms with E-state index in [0.717, 1.165) is 49.1 Å². The van der Waals surface area contributed by atoms with Crippen molar-refractivity contribution in [2.75, 3.05) is 32.9 Å². The van der Waals surface area contributed by atoms with Gasteiger partial charge in [-0.3, -0.25) is 32.7 Å². The number of sulfone groups is 2. The first kappa shape index (κ1) is 89.6. The summed E-state index contributed by atoms with van der Waals surface area (Å²) in [4.78, 5) is 46.1. The largest absolute Gasteiger partial charge is 0.353 e. The number of fused-ring (bicyclic) bond motifs is 10. The number of carbonyl (C=O) groups excluding carboxylic acids is 2. The summed E-state index contributed by atoms with van der Waals surface area (Å²) >= 11 is 19.6. The molecule has 22 nitrogen and oxygen atoms in total. The van der Waals surface area contributed by atoms with E-state index in [0.29, 0.717) is 91.1 Å². The third kappa shape index (κ3) is 18.0. The third-order valence-electron chi connectivity index (χ3n) is 23.2. The zero-order chi connectivity index (χ0) is 92.1. The SMILES string of the molecule is C#CC1(C)OCCn2ccnc21.Cn1nc(CS(C)(=O)=O)c2c(Cl)ccc(-c3ccc(C#CC4(C)OCCn5ccnc54)nc3[C@@H](CC(=O)Cn3nc(C(F)F)c4c3C(F)(F)[C@@H]3C[C@H]43)Cc3cc(F)cc(F)c3)c21.Cn1nc(CS(C)(=O)=O)c2c(Cl)ccc(-c3ccc(Cl)nc3[C@@H](CC(=O)Cn3nc(C(F)F)c4c3C(F)(F)[C@@H]3C[C@H]43)Cc3cc(F)cc(F)c3)c21.[2H]CF. The quantitative estimate of drug-likeness (QED) is 0.0347. The lowest BCUT2D eigenvalue weighted by molar-refractivity contribution is -0.121. The van der Waals surface area contributed by atoms with Crippen molar-refractivity contribution in [3.05, 3.63) is 233 Å². The predicted molar refractivity (Wildman–Crippen MR) is 443 cm³/mol. The number of terminal acetylenes is 1. The van der Waals surface area contributed by atoms with Crippen molar-refractivity contribution in [1.82, 2.24) is 68.2 Å². The number of hydrogen-bond acceptors (Lipinski definition) is 16. The van der Waals surface area contributed by atoms with Crippen LogP contribution >= 0.6 is 34.8 Å². The minimum Gasteiger partial charge on any atom is -0.353 e. The van der Waals surface area contributed by atoms with E-state index >= 15 is 17.6 Å². The Labute approximate surface area is 734 Å². The maximum Gasteiger partial charge on any atom is 0.293 e. The van der Waals surface area contributed by atoms with Crippen LogP contribution in [-0.2, 0) is 126 Å². The molecule has 2 aliphatic heterocycles. The highest BCUT2D eigenvalue weighted by Gasteiger charge is 2.68. The number of aromatic nitrogens is 14. The molecule has 8 aromatic heterocycles. The summed E-state index contributed by atoms with van der Waals surface area (Å²) in [7, 11) is -4.93. The number of pyridine rings is 2. The molecule has 2 saturated carbocycles. The average molecular weight is 1860 g/mol. The number of alkyl halides is 9. The van der Waals surface area contributed by atoms with Gasteiger partial charge in [-0.15, -0.1) is 6.42 Å². The van der Waals surface area contributed by atoms with E-state index in [-0.39, 0.29) is 91.6 Å². The molecule has 40 heteroatoms. The fourth-order valence-corrected chi connectivity index (χ4v) is 19.9. The summed E-state index contributed by atoms with van der Waals surface area (Å²) in [5, 5.41) is 17.6. The van der Waals surface area contributed by atoms with E-state index in [1.165, 1.54) is 21.5 Å². The molecule has 666 valence electrons. The summed E-state index contributed by atoms with van der Waals surface area (Å²) in [5.74, 6) is -8.35. The number of Topliss-reactive ketones (excluding diaryl/α,β-unsaturated/α-hetero) is 2. The van der Waals surface area contributed by atoms with Crippen LogP contribution in [0.4, 0.5) is 57.1 Å². The van der Waals surface area contributed by atoms with Crippen molar-refractivity contribution < 1.29 is 94.3 Å². The molecule has 127 heavy (non-hydrogen) atoms. The molecular formula is C87H76Cl3F13N14O8S2. The van der Waals surface area contributed by atoms with Crippen molar-refractivity contribution in [3.63, 3.8) is 0 Å². The third-order valence-corrected chi connectivity index (χ3v) is 25.6. The first-order valence-electron chi connectivity index (χ1n) is 40.1. The lowest BCUT2D eigenvalue weighted by Gasteiger charge is -2.29. The number of imidazole rings is 2. The Balaban J connectivity index is 0.000000171. The molecule has 10 heterocycles. The number of hydrogen-bond donors (Lipinski definition) is 0. The number of benzene rings is 4. The number of nitrogens with zero attached hydrogens (tertiary/aromatic N) is 14. The predicted octanol–water partition coefficient (Wildman–Crippen LogP) is 17.4. The van der Waals surface area contributed by atoms with Gasteiger partial charge in [-0.05, 0) is 129 Å². The first-order valence-corrected chi connectivity index (χ1v) is 44.6. The summed E-state index contributed by atoms with van der Waals surface area (Å²) < 4.78 is 261. The molecule has 0 bridgehead atoms. The number of rotatable bonds is 22. The summed E-state index contributed by atoms with van der Waals surface area (Å²) in [6, 6.07) is 18.5. The van der Waals surface area contributed by atoms with Gasteiger partial charge in [0.15, 0.2) is 54.1 Å². The molecule has 6 aliphatic rings. The lowest BCUT2D eigenvalue weighted by Crippen LogP contribution is -2.34. The smallest absolute Gasteiger partial charge is 0.293 e. The summed E-state index contributed by atoms with van der Waals surface area (Å²) in [6.07, 6.45) is 7.12. The zero-order valence-corrected chi connectivity index (χ0v) is 72.0. The van der Waals surface area contributed by atoms with Gasteiger partial charge in [0.05, 0.1) is 77.1 Å². The van der Waals surface area contributed by atoms with Crippen LogP contribution in [0, 0.1) is 59.3 Å². The maximum absolute atomic E-state index is 15.5. The second kappa shape index (κ2) is 34.7. The van der Waals surface area contributed by atoms with Crippen LogP contribution in [0.25, 0.3) is 44.1 Å². The van der Waals surface area contributed by atoms with Crippen molar-refractivity contribution in [2.45, 2.75) is 150 Å². The fourth-order valence-electron chi connectivity index (χ4n) is 17.9. The Morgan fingerprint density at radius 2 is 0.984 bits per heavy atom. The van der Waals surface area contributed by atoms with Gasteiger partial charge in [0.25, 0.3) is 24.7 Å². The molecule has 18 rings (SSSR count). The highest BCUT2D eigenvalue weighted by molar-refractivity contribution is 7.90. The molecule has 8 atom stereocenters. The topological polar surface area (TPSA) is 254 Å². The molecule has 0 spiro atoms. The minimum atomic E-state index is -3.58. The van der Waals surface area contributed by atoms with Crippen molar-refractivity contribution in [2.24, 2.45) is 25.9 Å². The monoisotopic (exact) mass is 1860 g/mol. The van der Waals surface area contributed by atoms with Crippen LogP contribution in [0.2, 0.25) is 15.2 Å². The first-order chi connectivity index (χ1) is 60.4. The van der Waals surface area contributed by atoms with E-state index in [2.05, 4.69) is 53.1 Å². The van der Waals surface area contributed by atoms with Gasteiger partial charge in [-0.25, -0.2) is 71.9 Å². The van der Waals surface area contributed by atoms with Gasteiger partial charge in [0.2, 0.25) is 0 Å². The van der Waals surface area contributed by atoms with Crippen LogP contribution in [0.3, 0.4) is 0 Å². The highest BCUT2D eigenvalue weighted by Crippen LogP contribution is 2.69. The molecule has 0 amide bonds. The molecule has 0 saturated heterocycles. The van der Waals surface area contributed by atoms with Crippen LogP contribution in [0.1, 0.15) is 163 Å².